The molecule has 0 aromatic heterocycles. The highest BCUT2D eigenvalue weighted by Gasteiger charge is 2.11. The minimum atomic E-state index is -0.138. The summed E-state index contributed by atoms with van der Waals surface area (Å²) in [6.45, 7) is 2.53. The molecule has 0 aliphatic carbocycles. The van der Waals surface area contributed by atoms with Crippen LogP contribution in [0.3, 0.4) is 0 Å². The smallest absolute Gasteiger partial charge is 0.129 e. The molecule has 18 heavy (non-hydrogen) atoms. The highest BCUT2D eigenvalue weighted by atomic mass is 19.1. The molecule has 0 aliphatic heterocycles. The second kappa shape index (κ2) is 7.34. The van der Waals surface area contributed by atoms with Gasteiger partial charge in [-0.05, 0) is 46.2 Å². The number of anilines is 1. The zero-order chi connectivity index (χ0) is 13.5. The third-order valence-corrected chi connectivity index (χ3v) is 2.96. The minimum absolute atomic E-state index is 0.138. The quantitative estimate of drug-likeness (QED) is 0.801. The lowest BCUT2D eigenvalue weighted by molar-refractivity contribution is 0.401. The van der Waals surface area contributed by atoms with Gasteiger partial charge in [0.05, 0.1) is 0 Å². The summed E-state index contributed by atoms with van der Waals surface area (Å²) in [5.74, 6) is -0.138. The maximum Gasteiger partial charge on any atom is 0.129 e. The van der Waals surface area contributed by atoms with E-state index >= 15 is 0 Å². The summed E-state index contributed by atoms with van der Waals surface area (Å²) in [6, 6.07) is 5.27. The molecule has 1 aromatic carbocycles. The first-order valence-electron chi connectivity index (χ1n) is 6.34. The molecule has 0 spiro atoms. The highest BCUT2D eigenvalue weighted by molar-refractivity contribution is 5.53. The summed E-state index contributed by atoms with van der Waals surface area (Å²) in [4.78, 5) is 4.28. The second-order valence-electron chi connectivity index (χ2n) is 4.85. The average molecular weight is 253 g/mol. The minimum Gasteiger partial charge on any atom is -0.374 e. The molecule has 0 aliphatic rings. The fraction of sp³-hybridized carbons (Fsp3) is 0.571. The average Bonchev–Trinajstić information content (AvgIpc) is 2.31. The van der Waals surface area contributed by atoms with Crippen LogP contribution in [0, 0.1) is 5.82 Å². The molecule has 1 N–H and O–H groups in total. The molecule has 4 heteroatoms. The van der Waals surface area contributed by atoms with E-state index in [9.17, 15) is 4.39 Å². The second-order valence-corrected chi connectivity index (χ2v) is 4.85. The molecule has 0 bridgehead atoms. The fourth-order valence-corrected chi connectivity index (χ4v) is 2.00. The van der Waals surface area contributed by atoms with Crippen LogP contribution in [0.15, 0.2) is 18.2 Å². The van der Waals surface area contributed by atoms with Gasteiger partial charge in [-0.2, -0.15) is 0 Å². The number of nitrogens with one attached hydrogen (secondary N) is 1. The van der Waals surface area contributed by atoms with E-state index in [0.29, 0.717) is 6.54 Å². The van der Waals surface area contributed by atoms with Crippen LogP contribution in [0.25, 0.3) is 0 Å². The number of hydrogen-bond donors (Lipinski definition) is 1. The number of halogens is 1. The van der Waals surface area contributed by atoms with E-state index in [1.54, 1.807) is 6.07 Å². The lowest BCUT2D eigenvalue weighted by Gasteiger charge is -2.23. The van der Waals surface area contributed by atoms with Crippen LogP contribution >= 0.6 is 0 Å². The Balaban J connectivity index is 2.71. The van der Waals surface area contributed by atoms with Crippen molar-refractivity contribution in [3.63, 3.8) is 0 Å². The summed E-state index contributed by atoms with van der Waals surface area (Å²) in [6.07, 6.45) is 1.07. The third-order valence-electron chi connectivity index (χ3n) is 2.96. The maximum atomic E-state index is 13.8. The van der Waals surface area contributed by atoms with Gasteiger partial charge in [0.1, 0.15) is 5.82 Å². The molecule has 0 saturated heterocycles. The van der Waals surface area contributed by atoms with Gasteiger partial charge in [-0.1, -0.05) is 6.07 Å². The predicted molar refractivity (Wildman–Crippen MR) is 75.6 cm³/mol. The monoisotopic (exact) mass is 253 g/mol. The van der Waals surface area contributed by atoms with E-state index in [1.807, 2.05) is 20.2 Å². The van der Waals surface area contributed by atoms with Gasteiger partial charge in [0.25, 0.3) is 0 Å². The molecule has 0 radical (unpaired) electrons. The molecule has 0 heterocycles. The maximum absolute atomic E-state index is 13.8. The summed E-state index contributed by atoms with van der Waals surface area (Å²) >= 11 is 0. The molecule has 102 valence electrons. The van der Waals surface area contributed by atoms with E-state index in [-0.39, 0.29) is 5.82 Å². The Morgan fingerprint density at radius 3 is 2.50 bits per heavy atom. The lowest BCUT2D eigenvalue weighted by atomic mass is 10.1. The fourth-order valence-electron chi connectivity index (χ4n) is 2.00. The Labute approximate surface area is 110 Å². The molecule has 0 saturated carbocycles. The molecule has 0 amide bonds. The Morgan fingerprint density at radius 2 is 1.89 bits per heavy atom. The Hall–Kier alpha value is -1.13. The van der Waals surface area contributed by atoms with Crippen molar-refractivity contribution < 1.29 is 4.39 Å². The van der Waals surface area contributed by atoms with E-state index in [4.69, 9.17) is 0 Å². The molecule has 3 nitrogen and oxygen atoms in total. The molecule has 1 rings (SSSR count). The van der Waals surface area contributed by atoms with Crippen molar-refractivity contribution in [2.24, 2.45) is 0 Å². The largest absolute Gasteiger partial charge is 0.374 e. The van der Waals surface area contributed by atoms with Crippen LogP contribution in [-0.4, -0.2) is 46.2 Å². The number of nitrogens with zero attached hydrogens (tertiary/aromatic N) is 2. The molecular formula is C14H24FN3. The van der Waals surface area contributed by atoms with Crippen LogP contribution in [-0.2, 0) is 6.54 Å². The third kappa shape index (κ3) is 4.27. The van der Waals surface area contributed by atoms with Crippen LogP contribution in [0.2, 0.25) is 0 Å². The molecular weight excluding hydrogens is 229 g/mol. The number of benzene rings is 1. The van der Waals surface area contributed by atoms with Crippen LogP contribution < -0.4 is 10.2 Å². The number of hydrogen-bond acceptors (Lipinski definition) is 3. The summed E-state index contributed by atoms with van der Waals surface area (Å²) in [5.41, 5.74) is 1.72. The molecule has 0 unspecified atom stereocenters. The van der Waals surface area contributed by atoms with E-state index in [2.05, 4.69) is 29.2 Å². The van der Waals surface area contributed by atoms with Crippen LogP contribution in [0.4, 0.5) is 10.1 Å². The van der Waals surface area contributed by atoms with Crippen molar-refractivity contribution in [1.82, 2.24) is 10.2 Å². The van der Waals surface area contributed by atoms with Crippen molar-refractivity contribution in [3.05, 3.63) is 29.6 Å². The van der Waals surface area contributed by atoms with Crippen molar-refractivity contribution in [2.75, 3.05) is 46.2 Å². The summed E-state index contributed by atoms with van der Waals surface area (Å²) < 4.78 is 13.8. The summed E-state index contributed by atoms with van der Waals surface area (Å²) in [5, 5.41) is 3.02. The van der Waals surface area contributed by atoms with Gasteiger partial charge in [-0.25, -0.2) is 4.39 Å². The highest BCUT2D eigenvalue weighted by Crippen LogP contribution is 2.22. The first-order chi connectivity index (χ1) is 8.56. The standard InChI is InChI=1S/C14H24FN3/c1-16-11-12-13(15)7-5-8-14(12)18(4)10-6-9-17(2)3/h5,7-8,16H,6,9-11H2,1-4H3. The van der Waals surface area contributed by atoms with E-state index < -0.39 is 0 Å². The van der Waals surface area contributed by atoms with Crippen LogP contribution in [0.5, 0.6) is 0 Å². The van der Waals surface area contributed by atoms with Crippen molar-refractivity contribution >= 4 is 5.69 Å². The SMILES string of the molecule is CNCc1c(F)cccc1N(C)CCCN(C)C. The first kappa shape index (κ1) is 14.9. The normalized spacial score (nSPS) is 11.0. The van der Waals surface area contributed by atoms with Crippen molar-refractivity contribution in [1.29, 1.82) is 0 Å². The van der Waals surface area contributed by atoms with Gasteiger partial charge < -0.3 is 15.1 Å². The number of rotatable bonds is 7. The van der Waals surface area contributed by atoms with E-state index in [1.165, 1.54) is 6.07 Å². The predicted octanol–water partition coefficient (Wildman–Crippen LogP) is 1.93. The zero-order valence-corrected chi connectivity index (χ0v) is 11.8. The van der Waals surface area contributed by atoms with Gasteiger partial charge in [0.2, 0.25) is 0 Å². The van der Waals surface area contributed by atoms with E-state index in [0.717, 1.165) is 30.8 Å². The van der Waals surface area contributed by atoms with Crippen molar-refractivity contribution in [3.8, 4) is 0 Å². The van der Waals surface area contributed by atoms with Crippen molar-refractivity contribution in [2.45, 2.75) is 13.0 Å². The molecule has 0 atom stereocenters. The lowest BCUT2D eigenvalue weighted by Crippen LogP contribution is -2.25. The van der Waals surface area contributed by atoms with Gasteiger partial charge >= 0.3 is 0 Å². The first-order valence-corrected chi connectivity index (χ1v) is 6.34. The molecule has 1 aromatic rings. The zero-order valence-electron chi connectivity index (χ0n) is 11.8. The summed E-state index contributed by atoms with van der Waals surface area (Å²) in [7, 11) is 7.98. The topological polar surface area (TPSA) is 18.5 Å². The van der Waals surface area contributed by atoms with Gasteiger partial charge in [0.15, 0.2) is 0 Å². The Bertz CT molecular complexity index is 366. The molecule has 0 fully saturated rings. The van der Waals surface area contributed by atoms with Gasteiger partial charge in [-0.3, -0.25) is 0 Å². The van der Waals surface area contributed by atoms with Gasteiger partial charge in [-0.15, -0.1) is 0 Å². The van der Waals surface area contributed by atoms with Gasteiger partial charge in [0, 0.05) is 31.4 Å². The Kier molecular flexibility index (Phi) is 6.09. The Morgan fingerprint density at radius 1 is 1.17 bits per heavy atom. The van der Waals surface area contributed by atoms with Crippen LogP contribution in [0.1, 0.15) is 12.0 Å².